The lowest BCUT2D eigenvalue weighted by atomic mass is 9.93. The van der Waals surface area contributed by atoms with Gasteiger partial charge < -0.3 is 14.6 Å². The van der Waals surface area contributed by atoms with Crippen molar-refractivity contribution in [3.63, 3.8) is 0 Å². The van der Waals surface area contributed by atoms with E-state index in [-0.39, 0.29) is 6.04 Å². The van der Waals surface area contributed by atoms with Gasteiger partial charge in [0.25, 0.3) is 0 Å². The Morgan fingerprint density at radius 1 is 0.642 bits per heavy atom. The SMILES string of the molecule is CC(/N=C(\N=C(/N)c1ccc2oc3cc(-c4ccccc4)c4ccccc4c3c2c1)C1=CCCc2oc3ccccc3c21)c1ccc2ccccc2c1. The molecule has 0 fully saturated rings. The van der Waals surface area contributed by atoms with Gasteiger partial charge in [-0.1, -0.05) is 115 Å². The Balaban J connectivity index is 1.13. The van der Waals surface area contributed by atoms with Gasteiger partial charge in [-0.2, -0.15) is 0 Å². The van der Waals surface area contributed by atoms with Gasteiger partial charge >= 0.3 is 0 Å². The van der Waals surface area contributed by atoms with Crippen molar-refractivity contribution >= 4 is 71.7 Å². The molecule has 0 bridgehead atoms. The Kier molecular flexibility index (Phi) is 7.32. The molecule has 7 aromatic carbocycles. The molecule has 1 aliphatic rings. The van der Waals surface area contributed by atoms with Gasteiger partial charge in [0.2, 0.25) is 0 Å². The smallest absolute Gasteiger partial charge is 0.158 e. The minimum atomic E-state index is -0.180. The fourth-order valence-corrected chi connectivity index (χ4v) is 7.94. The van der Waals surface area contributed by atoms with Crippen LogP contribution >= 0.6 is 0 Å². The Morgan fingerprint density at radius 2 is 1.38 bits per heavy atom. The van der Waals surface area contributed by atoms with Gasteiger partial charge in [0.05, 0.1) is 6.04 Å². The molecule has 2 heterocycles. The maximum absolute atomic E-state index is 7.00. The van der Waals surface area contributed by atoms with Crippen LogP contribution in [-0.2, 0) is 6.42 Å². The molecule has 53 heavy (non-hydrogen) atoms. The van der Waals surface area contributed by atoms with Crippen LogP contribution in [0, 0.1) is 0 Å². The number of furan rings is 2. The first-order chi connectivity index (χ1) is 26.1. The molecule has 0 aliphatic heterocycles. The summed E-state index contributed by atoms with van der Waals surface area (Å²) in [4.78, 5) is 10.5. The molecule has 1 aliphatic carbocycles. The molecular formula is C48H35N3O2. The predicted octanol–water partition coefficient (Wildman–Crippen LogP) is 12.2. The maximum atomic E-state index is 7.00. The molecule has 0 spiro atoms. The van der Waals surface area contributed by atoms with E-state index in [0.29, 0.717) is 11.7 Å². The highest BCUT2D eigenvalue weighted by atomic mass is 16.3. The van der Waals surface area contributed by atoms with Crippen LogP contribution in [0.3, 0.4) is 0 Å². The number of hydrogen-bond donors (Lipinski definition) is 1. The van der Waals surface area contributed by atoms with E-state index in [4.69, 9.17) is 24.6 Å². The molecule has 1 atom stereocenters. The molecule has 0 radical (unpaired) electrons. The molecule has 5 heteroatoms. The van der Waals surface area contributed by atoms with Crippen molar-refractivity contribution in [1.29, 1.82) is 0 Å². The van der Waals surface area contributed by atoms with Crippen molar-refractivity contribution in [2.75, 3.05) is 0 Å². The summed E-state index contributed by atoms with van der Waals surface area (Å²) in [6, 6.07) is 50.2. The van der Waals surface area contributed by atoms with Crippen molar-refractivity contribution in [2.45, 2.75) is 25.8 Å². The third-order valence-corrected chi connectivity index (χ3v) is 10.6. The van der Waals surface area contributed by atoms with Gasteiger partial charge in [0, 0.05) is 39.3 Å². The summed E-state index contributed by atoms with van der Waals surface area (Å²) in [6.45, 7) is 2.12. The monoisotopic (exact) mass is 685 g/mol. The van der Waals surface area contributed by atoms with Crippen molar-refractivity contribution in [3.05, 3.63) is 174 Å². The first-order valence-electron chi connectivity index (χ1n) is 18.1. The number of hydrogen-bond acceptors (Lipinski definition) is 3. The fourth-order valence-electron chi connectivity index (χ4n) is 7.94. The van der Waals surface area contributed by atoms with Gasteiger partial charge in [0.1, 0.15) is 28.3 Å². The summed E-state index contributed by atoms with van der Waals surface area (Å²) in [5.41, 5.74) is 15.7. The van der Waals surface area contributed by atoms with Gasteiger partial charge in [-0.25, -0.2) is 4.99 Å². The first kappa shape index (κ1) is 31.1. The number of amidine groups is 2. The van der Waals surface area contributed by atoms with Crippen LogP contribution in [0.15, 0.2) is 170 Å². The van der Waals surface area contributed by atoms with Crippen LogP contribution in [0.5, 0.6) is 0 Å². The second-order valence-corrected chi connectivity index (χ2v) is 13.8. The lowest BCUT2D eigenvalue weighted by Crippen LogP contribution is -2.17. The normalized spacial score (nSPS) is 14.3. The second kappa shape index (κ2) is 12.5. The standard InChI is InChI=1S/C48H35N3O2/c1-29(32-23-22-30-12-5-6-15-33(30)26-32)50-48(38-19-11-21-43-46(38)37-18-9-10-20-41(37)52-43)51-47(49)34-24-25-42-40(27-34)45-36-17-8-7-16-35(36)39(28-44(45)53-42)31-13-3-2-4-14-31/h2-10,12-20,22-29H,11,21H2,1H3,(H2,49,50,51). The van der Waals surface area contributed by atoms with Crippen LogP contribution in [0.2, 0.25) is 0 Å². The van der Waals surface area contributed by atoms with Crippen molar-refractivity contribution in [3.8, 4) is 11.1 Å². The van der Waals surface area contributed by atoms with Gasteiger partial charge in [0.15, 0.2) is 5.84 Å². The lowest BCUT2D eigenvalue weighted by Gasteiger charge is -2.16. The number of fused-ring (bicyclic) bond motifs is 9. The zero-order valence-electron chi connectivity index (χ0n) is 29.2. The molecule has 0 saturated carbocycles. The third kappa shape index (κ3) is 5.32. The first-order valence-corrected chi connectivity index (χ1v) is 18.1. The third-order valence-electron chi connectivity index (χ3n) is 10.6. The average molecular weight is 686 g/mol. The number of benzene rings is 7. The second-order valence-electron chi connectivity index (χ2n) is 13.8. The van der Waals surface area contributed by atoms with Gasteiger partial charge in [-0.15, -0.1) is 0 Å². The van der Waals surface area contributed by atoms with Gasteiger partial charge in [-0.3, -0.25) is 4.99 Å². The quantitative estimate of drug-likeness (QED) is 0.145. The summed E-state index contributed by atoms with van der Waals surface area (Å²) in [5.74, 6) is 1.93. The highest BCUT2D eigenvalue weighted by molar-refractivity contribution is 6.30. The number of nitrogens with zero attached hydrogens (tertiary/aromatic N) is 2. The Hall–Kier alpha value is -6.72. The van der Waals surface area contributed by atoms with Crippen molar-refractivity contribution < 1.29 is 8.83 Å². The number of aryl methyl sites for hydroxylation is 1. The Bertz CT molecular complexity index is 2980. The molecule has 2 N–H and O–H groups in total. The fraction of sp³-hybridized carbons (Fsp3) is 0.0833. The van der Waals surface area contributed by atoms with Crippen molar-refractivity contribution in [1.82, 2.24) is 0 Å². The van der Waals surface area contributed by atoms with E-state index >= 15 is 0 Å². The predicted molar refractivity (Wildman–Crippen MR) is 220 cm³/mol. The molecular weight excluding hydrogens is 651 g/mol. The summed E-state index contributed by atoms with van der Waals surface area (Å²) in [7, 11) is 0. The van der Waals surface area contributed by atoms with Crippen LogP contribution in [0.4, 0.5) is 0 Å². The summed E-state index contributed by atoms with van der Waals surface area (Å²) in [5, 5.41) is 7.80. The summed E-state index contributed by atoms with van der Waals surface area (Å²) < 4.78 is 12.9. The van der Waals surface area contributed by atoms with E-state index in [9.17, 15) is 0 Å². The molecule has 254 valence electrons. The van der Waals surface area contributed by atoms with E-state index in [1.165, 1.54) is 16.2 Å². The zero-order chi connectivity index (χ0) is 35.5. The summed E-state index contributed by atoms with van der Waals surface area (Å²) >= 11 is 0. The Labute approximate surface area is 306 Å². The van der Waals surface area contributed by atoms with E-state index in [1.54, 1.807) is 0 Å². The number of para-hydroxylation sites is 1. The molecule has 1 unspecified atom stereocenters. The highest BCUT2D eigenvalue weighted by Crippen LogP contribution is 2.41. The molecule has 0 saturated heterocycles. The molecule has 0 amide bonds. The van der Waals surface area contributed by atoms with E-state index in [0.717, 1.165) is 90.3 Å². The van der Waals surface area contributed by atoms with E-state index in [1.807, 2.05) is 36.4 Å². The van der Waals surface area contributed by atoms with Crippen LogP contribution in [0.1, 0.15) is 41.8 Å². The molecule has 5 nitrogen and oxygen atoms in total. The van der Waals surface area contributed by atoms with E-state index in [2.05, 4.69) is 122 Å². The van der Waals surface area contributed by atoms with E-state index < -0.39 is 0 Å². The lowest BCUT2D eigenvalue weighted by molar-refractivity contribution is 0.546. The van der Waals surface area contributed by atoms with Gasteiger partial charge in [-0.05, 0) is 88.0 Å². The molecule has 10 rings (SSSR count). The average Bonchev–Trinajstić information content (AvgIpc) is 3.78. The highest BCUT2D eigenvalue weighted by Gasteiger charge is 2.25. The Morgan fingerprint density at radius 3 is 2.25 bits per heavy atom. The largest absolute Gasteiger partial charge is 0.460 e. The summed E-state index contributed by atoms with van der Waals surface area (Å²) in [6.07, 6.45) is 3.88. The number of rotatable bonds is 5. The number of aliphatic imine (C=N–C) groups is 2. The van der Waals surface area contributed by atoms with Crippen molar-refractivity contribution in [2.24, 2.45) is 15.7 Å². The molecule has 2 aromatic heterocycles. The molecule has 9 aromatic rings. The topological polar surface area (TPSA) is 77.0 Å². The number of nitrogens with two attached hydrogens (primary N) is 1. The maximum Gasteiger partial charge on any atom is 0.158 e. The number of allylic oxidation sites excluding steroid dienone is 1. The van der Waals surface area contributed by atoms with Crippen LogP contribution in [-0.4, -0.2) is 11.7 Å². The zero-order valence-corrected chi connectivity index (χ0v) is 29.2. The minimum Gasteiger partial charge on any atom is -0.460 e. The van der Waals surface area contributed by atoms with Crippen LogP contribution < -0.4 is 5.73 Å². The minimum absolute atomic E-state index is 0.180. The van der Waals surface area contributed by atoms with Crippen LogP contribution in [0.25, 0.3) is 71.2 Å².